The number of nitrogens with one attached hydrogen (secondary N) is 1. The molecule has 0 saturated heterocycles. The summed E-state index contributed by atoms with van der Waals surface area (Å²) in [5.74, 6) is -1.23. The zero-order valence-corrected chi connectivity index (χ0v) is 12.3. The van der Waals surface area contributed by atoms with Gasteiger partial charge in [0, 0.05) is 6.07 Å². The Morgan fingerprint density at radius 2 is 1.62 bits per heavy atom. The Hall–Kier alpha value is -2.15. The van der Waals surface area contributed by atoms with Crippen LogP contribution >= 0.6 is 0 Å². The molecule has 0 aliphatic rings. The SMILES string of the molecule is Cc1cc(F)cc(C)c1S(=O)(=O)Nc1ccc(N)c(F)c1. The highest BCUT2D eigenvalue weighted by Crippen LogP contribution is 2.25. The fraction of sp³-hybridized carbons (Fsp3) is 0.143. The minimum absolute atomic E-state index is 0.0267. The topological polar surface area (TPSA) is 72.2 Å². The van der Waals surface area contributed by atoms with Gasteiger partial charge in [-0.05, 0) is 49.2 Å². The van der Waals surface area contributed by atoms with E-state index in [0.29, 0.717) is 0 Å². The Morgan fingerprint density at radius 3 is 2.14 bits per heavy atom. The first-order chi connectivity index (χ1) is 9.70. The van der Waals surface area contributed by atoms with Gasteiger partial charge in [0.05, 0.1) is 16.3 Å². The van der Waals surface area contributed by atoms with E-state index in [0.717, 1.165) is 18.2 Å². The average molecular weight is 312 g/mol. The molecular formula is C14H14F2N2O2S. The quantitative estimate of drug-likeness (QED) is 0.856. The van der Waals surface area contributed by atoms with Crippen molar-refractivity contribution in [1.29, 1.82) is 0 Å². The van der Waals surface area contributed by atoms with Gasteiger partial charge in [-0.2, -0.15) is 0 Å². The Morgan fingerprint density at radius 1 is 1.05 bits per heavy atom. The van der Waals surface area contributed by atoms with Gasteiger partial charge in [-0.3, -0.25) is 4.72 Å². The van der Waals surface area contributed by atoms with Crippen molar-refractivity contribution in [1.82, 2.24) is 0 Å². The van der Waals surface area contributed by atoms with E-state index < -0.39 is 21.7 Å². The normalized spacial score (nSPS) is 11.4. The molecule has 0 radical (unpaired) electrons. The summed E-state index contributed by atoms with van der Waals surface area (Å²) in [7, 11) is -3.95. The van der Waals surface area contributed by atoms with Crippen LogP contribution in [0.5, 0.6) is 0 Å². The van der Waals surface area contributed by atoms with Crippen LogP contribution in [0.15, 0.2) is 35.2 Å². The summed E-state index contributed by atoms with van der Waals surface area (Å²) < 4.78 is 53.6. The number of aryl methyl sites for hydroxylation is 2. The maximum Gasteiger partial charge on any atom is 0.262 e. The second-order valence-electron chi connectivity index (χ2n) is 4.71. The number of anilines is 2. The van der Waals surface area contributed by atoms with Gasteiger partial charge in [0.2, 0.25) is 0 Å². The first-order valence-corrected chi connectivity index (χ1v) is 7.53. The zero-order chi connectivity index (χ0) is 15.8. The molecule has 2 rings (SSSR count). The fourth-order valence-electron chi connectivity index (χ4n) is 2.12. The van der Waals surface area contributed by atoms with E-state index in [-0.39, 0.29) is 27.4 Å². The van der Waals surface area contributed by atoms with Crippen molar-refractivity contribution in [2.75, 3.05) is 10.5 Å². The lowest BCUT2D eigenvalue weighted by Crippen LogP contribution is -2.16. The van der Waals surface area contributed by atoms with Crippen LogP contribution in [0.1, 0.15) is 11.1 Å². The average Bonchev–Trinajstić information content (AvgIpc) is 2.31. The largest absolute Gasteiger partial charge is 0.396 e. The van der Waals surface area contributed by atoms with Gasteiger partial charge in [-0.25, -0.2) is 17.2 Å². The summed E-state index contributed by atoms with van der Waals surface area (Å²) in [6, 6.07) is 5.86. The lowest BCUT2D eigenvalue weighted by Gasteiger charge is -2.13. The second-order valence-corrected chi connectivity index (χ2v) is 6.33. The Kier molecular flexibility index (Phi) is 3.87. The van der Waals surface area contributed by atoms with Crippen LogP contribution in [0.25, 0.3) is 0 Å². The summed E-state index contributed by atoms with van der Waals surface area (Å²) in [5, 5.41) is 0. The fourth-order valence-corrected chi connectivity index (χ4v) is 3.62. The molecule has 7 heteroatoms. The van der Waals surface area contributed by atoms with Crippen LogP contribution < -0.4 is 10.5 Å². The van der Waals surface area contributed by atoms with Crippen LogP contribution in [-0.2, 0) is 10.0 Å². The molecule has 0 heterocycles. The summed E-state index contributed by atoms with van der Waals surface area (Å²) in [6.45, 7) is 2.99. The monoisotopic (exact) mass is 312 g/mol. The maximum absolute atomic E-state index is 13.4. The Balaban J connectivity index is 2.46. The van der Waals surface area contributed by atoms with E-state index in [1.54, 1.807) is 0 Å². The van der Waals surface area contributed by atoms with Gasteiger partial charge in [0.25, 0.3) is 10.0 Å². The van der Waals surface area contributed by atoms with Gasteiger partial charge in [0.1, 0.15) is 11.6 Å². The van der Waals surface area contributed by atoms with Crippen LogP contribution in [-0.4, -0.2) is 8.42 Å². The molecule has 0 bridgehead atoms. The minimum Gasteiger partial charge on any atom is -0.396 e. The van der Waals surface area contributed by atoms with Gasteiger partial charge in [-0.1, -0.05) is 0 Å². The van der Waals surface area contributed by atoms with E-state index in [1.165, 1.54) is 26.0 Å². The Labute approximate surface area is 121 Å². The van der Waals surface area contributed by atoms with E-state index in [1.807, 2.05) is 0 Å². The molecule has 0 spiro atoms. The number of halogens is 2. The van der Waals surface area contributed by atoms with Gasteiger partial charge < -0.3 is 5.73 Å². The molecule has 0 aliphatic carbocycles. The van der Waals surface area contributed by atoms with Crippen molar-refractivity contribution < 1.29 is 17.2 Å². The highest BCUT2D eigenvalue weighted by molar-refractivity contribution is 7.92. The highest BCUT2D eigenvalue weighted by Gasteiger charge is 2.20. The predicted molar refractivity (Wildman–Crippen MR) is 77.5 cm³/mol. The molecule has 0 aromatic heterocycles. The van der Waals surface area contributed by atoms with Crippen molar-refractivity contribution >= 4 is 21.4 Å². The van der Waals surface area contributed by atoms with Crippen molar-refractivity contribution in [3.63, 3.8) is 0 Å². The molecule has 21 heavy (non-hydrogen) atoms. The third-order valence-corrected chi connectivity index (χ3v) is 4.63. The van der Waals surface area contributed by atoms with E-state index >= 15 is 0 Å². The molecule has 2 aromatic carbocycles. The summed E-state index contributed by atoms with van der Waals surface area (Å²) in [5.41, 5.74) is 5.85. The molecular weight excluding hydrogens is 298 g/mol. The molecule has 4 nitrogen and oxygen atoms in total. The third-order valence-electron chi connectivity index (χ3n) is 2.95. The van der Waals surface area contributed by atoms with Gasteiger partial charge in [-0.15, -0.1) is 0 Å². The summed E-state index contributed by atoms with van der Waals surface area (Å²) >= 11 is 0. The zero-order valence-electron chi connectivity index (χ0n) is 11.4. The molecule has 0 saturated carbocycles. The first-order valence-electron chi connectivity index (χ1n) is 6.05. The maximum atomic E-state index is 13.4. The molecule has 0 aliphatic heterocycles. The Bertz CT molecular complexity index is 782. The van der Waals surface area contributed by atoms with Crippen LogP contribution in [0.2, 0.25) is 0 Å². The molecule has 0 atom stereocenters. The van der Waals surface area contributed by atoms with Crippen molar-refractivity contribution in [3.8, 4) is 0 Å². The molecule has 0 fully saturated rings. The predicted octanol–water partition coefficient (Wildman–Crippen LogP) is 2.96. The number of benzene rings is 2. The minimum atomic E-state index is -3.95. The lowest BCUT2D eigenvalue weighted by atomic mass is 10.1. The molecule has 112 valence electrons. The third kappa shape index (κ3) is 3.13. The molecule has 2 aromatic rings. The van der Waals surface area contributed by atoms with E-state index in [4.69, 9.17) is 5.73 Å². The molecule has 0 amide bonds. The van der Waals surface area contributed by atoms with Crippen LogP contribution in [0, 0.1) is 25.5 Å². The number of nitrogen functional groups attached to an aromatic ring is 1. The second kappa shape index (κ2) is 5.33. The number of sulfonamides is 1. The van der Waals surface area contributed by atoms with Gasteiger partial charge >= 0.3 is 0 Å². The van der Waals surface area contributed by atoms with Crippen molar-refractivity contribution in [2.24, 2.45) is 0 Å². The summed E-state index contributed by atoms with van der Waals surface area (Å²) in [6.07, 6.45) is 0. The molecule has 0 unspecified atom stereocenters. The first kappa shape index (κ1) is 15.2. The van der Waals surface area contributed by atoms with Crippen LogP contribution in [0.4, 0.5) is 20.2 Å². The number of hydrogen-bond acceptors (Lipinski definition) is 3. The smallest absolute Gasteiger partial charge is 0.262 e. The standard InChI is InChI=1S/C14H14F2N2O2S/c1-8-5-10(15)6-9(2)14(8)21(19,20)18-11-3-4-13(17)12(16)7-11/h3-7,18H,17H2,1-2H3. The number of rotatable bonds is 3. The van der Waals surface area contributed by atoms with E-state index in [9.17, 15) is 17.2 Å². The number of nitrogens with two attached hydrogens (primary N) is 1. The van der Waals surface area contributed by atoms with Crippen LogP contribution in [0.3, 0.4) is 0 Å². The molecule has 3 N–H and O–H groups in total. The summed E-state index contributed by atoms with van der Waals surface area (Å²) in [4.78, 5) is -0.0267. The lowest BCUT2D eigenvalue weighted by molar-refractivity contribution is 0.597. The van der Waals surface area contributed by atoms with Gasteiger partial charge in [0.15, 0.2) is 0 Å². The van der Waals surface area contributed by atoms with Crippen molar-refractivity contribution in [3.05, 3.63) is 53.1 Å². The number of hydrogen-bond donors (Lipinski definition) is 2. The highest BCUT2D eigenvalue weighted by atomic mass is 32.2. The van der Waals surface area contributed by atoms with Crippen molar-refractivity contribution in [2.45, 2.75) is 18.7 Å². The van der Waals surface area contributed by atoms with E-state index in [2.05, 4.69) is 4.72 Å².